The predicted molar refractivity (Wildman–Crippen MR) is 82.3 cm³/mol. The predicted octanol–water partition coefficient (Wildman–Crippen LogP) is 2.10. The highest BCUT2D eigenvalue weighted by molar-refractivity contribution is 7.89. The molecule has 0 aromatic heterocycles. The minimum atomic E-state index is -3.28. The molecule has 1 aromatic carbocycles. The standard InChI is InChI=1S/C14H24N2O3S/c1-4-6-12(2)16(3)20(17,18)10-9-19-14-8-5-7-13(15)11-14/h5,7-8,11-12H,4,6,9-10,15H2,1-3H3. The molecule has 1 rings (SSSR count). The number of nitrogens with two attached hydrogens (primary N) is 1. The Hall–Kier alpha value is -1.27. The fourth-order valence-corrected chi connectivity index (χ4v) is 3.12. The number of sulfonamides is 1. The van der Waals surface area contributed by atoms with Gasteiger partial charge in [-0.25, -0.2) is 12.7 Å². The molecule has 0 saturated carbocycles. The van der Waals surface area contributed by atoms with Crippen molar-refractivity contribution < 1.29 is 13.2 Å². The Labute approximate surface area is 121 Å². The molecule has 0 fully saturated rings. The molecule has 114 valence electrons. The molecule has 0 spiro atoms. The molecule has 5 nitrogen and oxygen atoms in total. The van der Waals surface area contributed by atoms with Gasteiger partial charge < -0.3 is 10.5 Å². The van der Waals surface area contributed by atoms with Crippen LogP contribution < -0.4 is 10.5 Å². The first-order valence-corrected chi connectivity index (χ1v) is 8.41. The number of hydrogen-bond acceptors (Lipinski definition) is 4. The van der Waals surface area contributed by atoms with Crippen molar-refractivity contribution in [2.75, 3.05) is 25.1 Å². The second-order valence-electron chi connectivity index (χ2n) is 4.89. The summed E-state index contributed by atoms with van der Waals surface area (Å²) in [5.74, 6) is 0.552. The highest BCUT2D eigenvalue weighted by Crippen LogP contribution is 2.15. The molecule has 20 heavy (non-hydrogen) atoms. The van der Waals surface area contributed by atoms with Crippen LogP contribution in [-0.4, -0.2) is 38.2 Å². The van der Waals surface area contributed by atoms with Crippen LogP contribution in [-0.2, 0) is 10.0 Å². The first-order chi connectivity index (χ1) is 9.36. The van der Waals surface area contributed by atoms with E-state index < -0.39 is 10.0 Å². The van der Waals surface area contributed by atoms with Gasteiger partial charge in [-0.1, -0.05) is 19.4 Å². The van der Waals surface area contributed by atoms with Crippen molar-refractivity contribution in [3.8, 4) is 5.75 Å². The number of ether oxygens (including phenoxy) is 1. The molecule has 2 N–H and O–H groups in total. The van der Waals surface area contributed by atoms with Crippen LogP contribution >= 0.6 is 0 Å². The maximum absolute atomic E-state index is 12.1. The zero-order chi connectivity index (χ0) is 15.2. The van der Waals surface area contributed by atoms with E-state index in [1.54, 1.807) is 31.3 Å². The molecule has 0 aliphatic rings. The summed E-state index contributed by atoms with van der Waals surface area (Å²) in [6.45, 7) is 4.08. The second kappa shape index (κ2) is 7.50. The molecule has 0 amide bonds. The minimum Gasteiger partial charge on any atom is -0.492 e. The molecular weight excluding hydrogens is 276 g/mol. The summed E-state index contributed by atoms with van der Waals surface area (Å²) >= 11 is 0. The van der Waals surface area contributed by atoms with E-state index in [1.165, 1.54) is 4.31 Å². The topological polar surface area (TPSA) is 72.6 Å². The fourth-order valence-electron chi connectivity index (χ4n) is 1.89. The third-order valence-corrected chi connectivity index (χ3v) is 5.15. The molecule has 0 radical (unpaired) electrons. The average Bonchev–Trinajstić information content (AvgIpc) is 2.38. The second-order valence-corrected chi connectivity index (χ2v) is 7.04. The van der Waals surface area contributed by atoms with Crippen LogP contribution in [0.5, 0.6) is 5.75 Å². The van der Waals surface area contributed by atoms with Crippen LogP contribution in [0.2, 0.25) is 0 Å². The Bertz CT molecular complexity index is 517. The van der Waals surface area contributed by atoms with Crippen molar-refractivity contribution in [3.05, 3.63) is 24.3 Å². The van der Waals surface area contributed by atoms with E-state index in [9.17, 15) is 8.42 Å². The van der Waals surface area contributed by atoms with Crippen LogP contribution in [0.3, 0.4) is 0 Å². The number of nitrogen functional groups attached to an aromatic ring is 1. The Balaban J connectivity index is 2.51. The van der Waals surface area contributed by atoms with Crippen LogP contribution in [0.15, 0.2) is 24.3 Å². The van der Waals surface area contributed by atoms with Crippen LogP contribution in [0.25, 0.3) is 0 Å². The van der Waals surface area contributed by atoms with Gasteiger partial charge in [-0.05, 0) is 25.5 Å². The van der Waals surface area contributed by atoms with E-state index in [0.29, 0.717) is 11.4 Å². The maximum atomic E-state index is 12.1. The number of rotatable bonds is 8. The van der Waals surface area contributed by atoms with E-state index in [2.05, 4.69) is 0 Å². The number of nitrogens with zero attached hydrogens (tertiary/aromatic N) is 1. The summed E-state index contributed by atoms with van der Waals surface area (Å²) in [4.78, 5) is 0. The van der Waals surface area contributed by atoms with Gasteiger partial charge in [0, 0.05) is 24.8 Å². The molecule has 0 saturated heterocycles. The SMILES string of the molecule is CCCC(C)N(C)S(=O)(=O)CCOc1cccc(N)c1. The lowest BCUT2D eigenvalue weighted by Gasteiger charge is -2.23. The average molecular weight is 300 g/mol. The van der Waals surface area contributed by atoms with Gasteiger partial charge in [0.25, 0.3) is 0 Å². The molecular formula is C14H24N2O3S. The van der Waals surface area contributed by atoms with Gasteiger partial charge in [-0.2, -0.15) is 0 Å². The molecule has 6 heteroatoms. The van der Waals surface area contributed by atoms with Crippen LogP contribution in [0.1, 0.15) is 26.7 Å². The zero-order valence-electron chi connectivity index (χ0n) is 12.4. The van der Waals surface area contributed by atoms with E-state index in [4.69, 9.17) is 10.5 Å². The molecule has 0 heterocycles. The first kappa shape index (κ1) is 16.8. The smallest absolute Gasteiger partial charge is 0.217 e. The summed E-state index contributed by atoms with van der Waals surface area (Å²) in [6, 6.07) is 6.97. The van der Waals surface area contributed by atoms with Crippen molar-refractivity contribution >= 4 is 15.7 Å². The lowest BCUT2D eigenvalue weighted by molar-refractivity contribution is 0.328. The van der Waals surface area contributed by atoms with Crippen molar-refractivity contribution in [2.24, 2.45) is 0 Å². The number of hydrogen-bond donors (Lipinski definition) is 1. The fraction of sp³-hybridized carbons (Fsp3) is 0.571. The summed E-state index contributed by atoms with van der Waals surface area (Å²) in [7, 11) is -1.66. The van der Waals surface area contributed by atoms with Crippen LogP contribution in [0, 0.1) is 0 Å². The third-order valence-electron chi connectivity index (χ3n) is 3.23. The Morgan fingerprint density at radius 3 is 2.70 bits per heavy atom. The Morgan fingerprint density at radius 2 is 2.10 bits per heavy atom. The summed E-state index contributed by atoms with van der Waals surface area (Å²) in [5, 5.41) is 0. The lowest BCUT2D eigenvalue weighted by Crippen LogP contribution is -2.37. The van der Waals surface area contributed by atoms with Gasteiger partial charge in [0.15, 0.2) is 0 Å². The summed E-state index contributed by atoms with van der Waals surface area (Å²) in [6.07, 6.45) is 1.81. The maximum Gasteiger partial charge on any atom is 0.217 e. The van der Waals surface area contributed by atoms with Gasteiger partial charge in [-0.15, -0.1) is 0 Å². The third kappa shape index (κ3) is 5.02. The largest absolute Gasteiger partial charge is 0.492 e. The Kier molecular flexibility index (Phi) is 6.29. The normalized spacial score (nSPS) is 13.4. The van der Waals surface area contributed by atoms with Gasteiger partial charge in [0.05, 0.1) is 5.75 Å². The summed E-state index contributed by atoms with van der Waals surface area (Å²) < 4.78 is 31.1. The van der Waals surface area contributed by atoms with Crippen molar-refractivity contribution in [1.82, 2.24) is 4.31 Å². The first-order valence-electron chi connectivity index (χ1n) is 6.81. The quantitative estimate of drug-likeness (QED) is 0.746. The number of benzene rings is 1. The van der Waals surface area contributed by atoms with Gasteiger partial charge >= 0.3 is 0 Å². The van der Waals surface area contributed by atoms with Crippen LogP contribution in [0.4, 0.5) is 5.69 Å². The van der Waals surface area contributed by atoms with E-state index in [-0.39, 0.29) is 18.4 Å². The van der Waals surface area contributed by atoms with Crippen molar-refractivity contribution in [1.29, 1.82) is 0 Å². The monoisotopic (exact) mass is 300 g/mol. The van der Waals surface area contributed by atoms with Gasteiger partial charge in [0.1, 0.15) is 12.4 Å². The zero-order valence-corrected chi connectivity index (χ0v) is 13.2. The van der Waals surface area contributed by atoms with Gasteiger partial charge in [0.2, 0.25) is 10.0 Å². The molecule has 1 aromatic rings. The van der Waals surface area contributed by atoms with Crippen molar-refractivity contribution in [3.63, 3.8) is 0 Å². The molecule has 1 atom stereocenters. The highest BCUT2D eigenvalue weighted by Gasteiger charge is 2.22. The van der Waals surface area contributed by atoms with E-state index in [1.807, 2.05) is 13.8 Å². The Morgan fingerprint density at radius 1 is 1.40 bits per heavy atom. The van der Waals surface area contributed by atoms with Crippen molar-refractivity contribution in [2.45, 2.75) is 32.7 Å². The van der Waals surface area contributed by atoms with E-state index in [0.717, 1.165) is 12.8 Å². The van der Waals surface area contributed by atoms with E-state index >= 15 is 0 Å². The summed E-state index contributed by atoms with van der Waals surface area (Å²) in [5.41, 5.74) is 6.23. The molecule has 1 unspecified atom stereocenters. The minimum absolute atomic E-state index is 0.0115. The molecule has 0 bridgehead atoms. The van der Waals surface area contributed by atoms with Gasteiger partial charge in [-0.3, -0.25) is 0 Å². The highest BCUT2D eigenvalue weighted by atomic mass is 32.2. The number of anilines is 1. The lowest BCUT2D eigenvalue weighted by atomic mass is 10.2. The molecule has 0 aliphatic heterocycles. The molecule has 0 aliphatic carbocycles.